The van der Waals surface area contributed by atoms with Gasteiger partial charge in [0.05, 0.1) is 6.10 Å². The van der Waals surface area contributed by atoms with E-state index >= 15 is 0 Å². The van der Waals surface area contributed by atoms with E-state index in [2.05, 4.69) is 4.74 Å². The minimum absolute atomic E-state index is 0.146. The van der Waals surface area contributed by atoms with E-state index in [1.165, 1.54) is 12.1 Å². The van der Waals surface area contributed by atoms with Crippen molar-refractivity contribution in [3.63, 3.8) is 0 Å². The number of alkyl halides is 3. The van der Waals surface area contributed by atoms with Crippen LogP contribution in [0.3, 0.4) is 0 Å². The number of benzene rings is 1. The molecule has 0 aromatic heterocycles. The van der Waals surface area contributed by atoms with Crippen molar-refractivity contribution in [1.29, 1.82) is 0 Å². The molecule has 1 aromatic carbocycles. The largest absolute Gasteiger partial charge is 0.573 e. The van der Waals surface area contributed by atoms with Crippen molar-refractivity contribution in [2.75, 3.05) is 0 Å². The molecule has 0 heterocycles. The fourth-order valence-electron chi connectivity index (χ4n) is 3.35. The van der Waals surface area contributed by atoms with Gasteiger partial charge in [-0.05, 0) is 42.9 Å². The van der Waals surface area contributed by atoms with Crippen LogP contribution in [0.4, 0.5) is 13.2 Å². The maximum Gasteiger partial charge on any atom is 0.573 e. The number of hydrogen-bond donors (Lipinski definition) is 1. The molecule has 112 valence electrons. The van der Waals surface area contributed by atoms with E-state index in [1.54, 1.807) is 12.1 Å². The average molecular weight is 288 g/mol. The summed E-state index contributed by atoms with van der Waals surface area (Å²) in [7, 11) is 0. The summed E-state index contributed by atoms with van der Waals surface area (Å²) >= 11 is 0. The van der Waals surface area contributed by atoms with Gasteiger partial charge in [0.1, 0.15) is 5.75 Å². The SMILES string of the molecule is CCC1(CC)C(O)CC1c1ccc(OC(F)(F)F)cc1. The van der Waals surface area contributed by atoms with Gasteiger partial charge in [-0.15, -0.1) is 13.2 Å². The quantitative estimate of drug-likeness (QED) is 0.898. The van der Waals surface area contributed by atoms with Gasteiger partial charge < -0.3 is 9.84 Å². The Kier molecular flexibility index (Phi) is 4.00. The number of rotatable bonds is 4. The summed E-state index contributed by atoms with van der Waals surface area (Å²) < 4.78 is 40.2. The molecule has 1 fully saturated rings. The van der Waals surface area contributed by atoms with Crippen molar-refractivity contribution in [2.45, 2.75) is 51.5 Å². The molecule has 2 atom stereocenters. The molecule has 5 heteroatoms. The molecule has 1 aliphatic carbocycles. The van der Waals surface area contributed by atoms with Gasteiger partial charge in [0.15, 0.2) is 0 Å². The van der Waals surface area contributed by atoms with E-state index in [9.17, 15) is 18.3 Å². The monoisotopic (exact) mass is 288 g/mol. The van der Waals surface area contributed by atoms with Crippen LogP contribution in [0.25, 0.3) is 0 Å². The van der Waals surface area contributed by atoms with Crippen LogP contribution in [0.15, 0.2) is 24.3 Å². The molecule has 0 aliphatic heterocycles. The van der Waals surface area contributed by atoms with Gasteiger partial charge in [-0.25, -0.2) is 0 Å². The number of ether oxygens (including phenoxy) is 1. The van der Waals surface area contributed by atoms with Gasteiger partial charge in [-0.3, -0.25) is 0 Å². The zero-order valence-electron chi connectivity index (χ0n) is 11.6. The lowest BCUT2D eigenvalue weighted by Crippen LogP contribution is -2.50. The third-order valence-corrected chi connectivity index (χ3v) is 4.65. The van der Waals surface area contributed by atoms with E-state index in [0.717, 1.165) is 18.4 Å². The van der Waals surface area contributed by atoms with Gasteiger partial charge in [0.2, 0.25) is 0 Å². The number of aliphatic hydroxyl groups excluding tert-OH is 1. The molecule has 1 saturated carbocycles. The maximum absolute atomic E-state index is 12.1. The summed E-state index contributed by atoms with van der Waals surface area (Å²) in [5.41, 5.74) is 0.820. The fraction of sp³-hybridized carbons (Fsp3) is 0.600. The average Bonchev–Trinajstić information content (AvgIpc) is 2.37. The molecule has 2 rings (SSSR count). The van der Waals surface area contributed by atoms with Gasteiger partial charge >= 0.3 is 6.36 Å². The predicted octanol–water partition coefficient (Wildman–Crippen LogP) is 4.24. The highest BCUT2D eigenvalue weighted by Crippen LogP contribution is 2.57. The molecule has 0 radical (unpaired) electrons. The molecule has 1 aromatic rings. The van der Waals surface area contributed by atoms with Gasteiger partial charge in [0, 0.05) is 5.41 Å². The zero-order chi connectivity index (χ0) is 15.0. The van der Waals surface area contributed by atoms with Crippen molar-refractivity contribution >= 4 is 0 Å². The Morgan fingerprint density at radius 1 is 1.20 bits per heavy atom. The summed E-state index contributed by atoms with van der Waals surface area (Å²) in [6.07, 6.45) is -2.60. The molecule has 2 nitrogen and oxygen atoms in total. The Hall–Kier alpha value is -1.23. The molecule has 2 unspecified atom stereocenters. The summed E-state index contributed by atoms with van der Waals surface area (Å²) in [6.45, 7) is 4.08. The summed E-state index contributed by atoms with van der Waals surface area (Å²) in [4.78, 5) is 0. The smallest absolute Gasteiger partial charge is 0.406 e. The second kappa shape index (κ2) is 5.28. The van der Waals surface area contributed by atoms with Crippen molar-refractivity contribution in [2.24, 2.45) is 5.41 Å². The van der Waals surface area contributed by atoms with Crippen LogP contribution >= 0.6 is 0 Å². The van der Waals surface area contributed by atoms with Crippen LogP contribution in [-0.2, 0) is 0 Å². The fourth-order valence-corrected chi connectivity index (χ4v) is 3.35. The first-order valence-electron chi connectivity index (χ1n) is 6.86. The highest BCUT2D eigenvalue weighted by atomic mass is 19.4. The molecule has 0 bridgehead atoms. The van der Waals surface area contributed by atoms with E-state index < -0.39 is 6.36 Å². The van der Waals surface area contributed by atoms with E-state index in [4.69, 9.17) is 0 Å². The van der Waals surface area contributed by atoms with Crippen LogP contribution in [0.2, 0.25) is 0 Å². The molecule has 20 heavy (non-hydrogen) atoms. The normalized spacial score (nSPS) is 25.1. The topological polar surface area (TPSA) is 29.5 Å². The van der Waals surface area contributed by atoms with Gasteiger partial charge in [0.25, 0.3) is 0 Å². The summed E-state index contributed by atoms with van der Waals surface area (Å²) in [6, 6.07) is 6.00. The second-order valence-electron chi connectivity index (χ2n) is 5.36. The first kappa shape index (κ1) is 15.2. The Morgan fingerprint density at radius 2 is 1.75 bits per heavy atom. The molecule has 1 aliphatic rings. The Balaban J connectivity index is 2.15. The highest BCUT2D eigenvalue weighted by Gasteiger charge is 2.52. The van der Waals surface area contributed by atoms with E-state index in [0.29, 0.717) is 6.42 Å². The highest BCUT2D eigenvalue weighted by molar-refractivity contribution is 5.33. The molecule has 0 spiro atoms. The molecular formula is C15H19F3O2. The van der Waals surface area contributed by atoms with Crippen molar-refractivity contribution < 1.29 is 23.0 Å². The van der Waals surface area contributed by atoms with Crippen molar-refractivity contribution in [3.8, 4) is 5.75 Å². The lowest BCUT2D eigenvalue weighted by Gasteiger charge is -2.53. The first-order chi connectivity index (χ1) is 9.32. The number of hydrogen-bond acceptors (Lipinski definition) is 2. The van der Waals surface area contributed by atoms with Crippen LogP contribution < -0.4 is 4.74 Å². The minimum Gasteiger partial charge on any atom is -0.406 e. The third kappa shape index (κ3) is 2.64. The molecule has 0 saturated heterocycles. The summed E-state index contributed by atoms with van der Waals surface area (Å²) in [5.74, 6) is -0.00726. The van der Waals surface area contributed by atoms with Gasteiger partial charge in [-0.1, -0.05) is 26.0 Å². The standard InChI is InChI=1S/C15H19F3O2/c1-3-14(4-2)12(9-13(14)19)10-5-7-11(8-6-10)20-15(16,17)18/h5-8,12-13,19H,3-4,9H2,1-2H3. The van der Waals surface area contributed by atoms with Gasteiger partial charge in [-0.2, -0.15) is 0 Å². The minimum atomic E-state index is -4.66. The Morgan fingerprint density at radius 3 is 2.15 bits per heavy atom. The van der Waals surface area contributed by atoms with Crippen LogP contribution in [0.5, 0.6) is 5.75 Å². The lowest BCUT2D eigenvalue weighted by atomic mass is 9.53. The van der Waals surface area contributed by atoms with Crippen LogP contribution in [0.1, 0.15) is 44.6 Å². The van der Waals surface area contributed by atoms with Crippen LogP contribution in [0, 0.1) is 5.41 Å². The van der Waals surface area contributed by atoms with Crippen LogP contribution in [-0.4, -0.2) is 17.6 Å². The van der Waals surface area contributed by atoms with Crippen molar-refractivity contribution in [1.82, 2.24) is 0 Å². The Bertz CT molecular complexity index is 449. The van der Waals surface area contributed by atoms with E-state index in [1.807, 2.05) is 13.8 Å². The first-order valence-corrected chi connectivity index (χ1v) is 6.86. The van der Waals surface area contributed by atoms with Crippen molar-refractivity contribution in [3.05, 3.63) is 29.8 Å². The number of halogens is 3. The second-order valence-corrected chi connectivity index (χ2v) is 5.36. The third-order valence-electron chi connectivity index (χ3n) is 4.65. The zero-order valence-corrected chi connectivity index (χ0v) is 11.6. The lowest BCUT2D eigenvalue weighted by molar-refractivity contribution is -0.274. The van der Waals surface area contributed by atoms with E-state index in [-0.39, 0.29) is 23.2 Å². The maximum atomic E-state index is 12.1. The molecular weight excluding hydrogens is 269 g/mol. The Labute approximate surface area is 116 Å². The summed E-state index contributed by atoms with van der Waals surface area (Å²) in [5, 5.41) is 10.0. The molecule has 1 N–H and O–H groups in total. The predicted molar refractivity (Wildman–Crippen MR) is 69.5 cm³/mol. The number of aliphatic hydroxyl groups is 1. The molecule has 0 amide bonds.